The molecule has 0 aliphatic carbocycles. The first-order chi connectivity index (χ1) is 10.9. The zero-order valence-corrected chi connectivity index (χ0v) is 13.7. The van der Waals surface area contributed by atoms with E-state index in [9.17, 15) is 14.3 Å². The van der Waals surface area contributed by atoms with E-state index in [1.165, 1.54) is 30.6 Å². The lowest BCUT2D eigenvalue weighted by Crippen LogP contribution is -2.42. The van der Waals surface area contributed by atoms with Gasteiger partial charge < -0.3 is 20.5 Å². The summed E-state index contributed by atoms with van der Waals surface area (Å²) in [6.45, 7) is 1.86. The van der Waals surface area contributed by atoms with Crippen LogP contribution in [0, 0.1) is 5.82 Å². The van der Waals surface area contributed by atoms with Gasteiger partial charge in [-0.3, -0.25) is 0 Å². The number of rotatable bonds is 6. The SMILES string of the molecule is COc1cc(F)cc(CNC(=O)NCC(C)(O)c2cccs2)c1. The monoisotopic (exact) mass is 338 g/mol. The minimum atomic E-state index is -1.13. The van der Waals surface area contributed by atoms with Gasteiger partial charge in [-0.05, 0) is 36.1 Å². The first-order valence-corrected chi connectivity index (χ1v) is 7.90. The molecular formula is C16H19FN2O3S. The minimum Gasteiger partial charge on any atom is -0.497 e. The Morgan fingerprint density at radius 1 is 1.39 bits per heavy atom. The first kappa shape index (κ1) is 17.2. The van der Waals surface area contributed by atoms with Gasteiger partial charge in [0.2, 0.25) is 0 Å². The quantitative estimate of drug-likeness (QED) is 0.758. The number of aliphatic hydroxyl groups is 1. The van der Waals surface area contributed by atoms with Crippen LogP contribution < -0.4 is 15.4 Å². The van der Waals surface area contributed by atoms with Gasteiger partial charge in [0.1, 0.15) is 17.2 Å². The summed E-state index contributed by atoms with van der Waals surface area (Å²) >= 11 is 1.42. The Hall–Kier alpha value is -2.12. The fourth-order valence-electron chi connectivity index (χ4n) is 2.01. The summed E-state index contributed by atoms with van der Waals surface area (Å²) in [6, 6.07) is 7.44. The van der Waals surface area contributed by atoms with Crippen LogP contribution in [0.3, 0.4) is 0 Å². The van der Waals surface area contributed by atoms with Crippen molar-refractivity contribution >= 4 is 17.4 Å². The Bertz CT molecular complexity index is 659. The number of hydrogen-bond donors (Lipinski definition) is 3. The number of halogens is 1. The van der Waals surface area contributed by atoms with Crippen LogP contribution in [0.25, 0.3) is 0 Å². The van der Waals surface area contributed by atoms with Gasteiger partial charge in [-0.2, -0.15) is 0 Å². The number of amides is 2. The lowest BCUT2D eigenvalue weighted by atomic mass is 10.1. The number of carbonyl (C=O) groups is 1. The van der Waals surface area contributed by atoms with Crippen LogP contribution in [0.4, 0.5) is 9.18 Å². The van der Waals surface area contributed by atoms with Crippen LogP contribution in [-0.2, 0) is 12.1 Å². The number of benzene rings is 1. The molecule has 124 valence electrons. The fraction of sp³-hybridized carbons (Fsp3) is 0.312. The van der Waals surface area contributed by atoms with Crippen molar-refractivity contribution in [2.75, 3.05) is 13.7 Å². The smallest absolute Gasteiger partial charge is 0.315 e. The highest BCUT2D eigenvalue weighted by molar-refractivity contribution is 7.10. The maximum atomic E-state index is 13.4. The zero-order valence-electron chi connectivity index (χ0n) is 12.9. The van der Waals surface area contributed by atoms with Gasteiger partial charge >= 0.3 is 6.03 Å². The predicted octanol–water partition coefficient (Wildman–Crippen LogP) is 2.60. The third-order valence-electron chi connectivity index (χ3n) is 3.27. The highest BCUT2D eigenvalue weighted by Gasteiger charge is 2.24. The second-order valence-corrected chi connectivity index (χ2v) is 6.23. The molecule has 2 rings (SSSR count). The Labute approximate surface area is 138 Å². The van der Waals surface area contributed by atoms with Gasteiger partial charge in [-0.1, -0.05) is 6.07 Å². The molecule has 2 amide bonds. The van der Waals surface area contributed by atoms with Gasteiger partial charge in [0.05, 0.1) is 13.7 Å². The van der Waals surface area contributed by atoms with E-state index in [1.54, 1.807) is 13.0 Å². The van der Waals surface area contributed by atoms with Crippen LogP contribution in [0.2, 0.25) is 0 Å². The van der Waals surface area contributed by atoms with Gasteiger partial charge in [-0.15, -0.1) is 11.3 Å². The van der Waals surface area contributed by atoms with Gasteiger partial charge in [0, 0.05) is 17.5 Å². The highest BCUT2D eigenvalue weighted by Crippen LogP contribution is 2.24. The van der Waals surface area contributed by atoms with Crippen molar-refractivity contribution in [3.05, 3.63) is 52.0 Å². The van der Waals surface area contributed by atoms with Gasteiger partial charge in [0.15, 0.2) is 0 Å². The third-order valence-corrected chi connectivity index (χ3v) is 4.39. The summed E-state index contributed by atoms with van der Waals surface area (Å²) in [4.78, 5) is 12.6. The summed E-state index contributed by atoms with van der Waals surface area (Å²) in [7, 11) is 1.45. The first-order valence-electron chi connectivity index (χ1n) is 7.02. The molecule has 1 aromatic heterocycles. The molecule has 7 heteroatoms. The standard InChI is InChI=1S/C16H19FN2O3S/c1-16(21,14-4-3-5-23-14)10-19-15(20)18-9-11-6-12(17)8-13(7-11)22-2/h3-8,21H,9-10H2,1-2H3,(H2,18,19,20). The van der Waals surface area contributed by atoms with Gasteiger partial charge in [-0.25, -0.2) is 9.18 Å². The summed E-state index contributed by atoms with van der Waals surface area (Å²) in [5, 5.41) is 17.4. The van der Waals surface area contributed by atoms with Crippen LogP contribution in [0.5, 0.6) is 5.75 Å². The van der Waals surface area contributed by atoms with E-state index in [2.05, 4.69) is 10.6 Å². The predicted molar refractivity (Wildman–Crippen MR) is 87.1 cm³/mol. The average molecular weight is 338 g/mol. The van der Waals surface area contributed by atoms with E-state index in [0.29, 0.717) is 11.3 Å². The maximum Gasteiger partial charge on any atom is 0.315 e. The molecule has 1 heterocycles. The lowest BCUT2D eigenvalue weighted by molar-refractivity contribution is 0.0631. The summed E-state index contributed by atoms with van der Waals surface area (Å²) in [5.74, 6) is -0.0370. The largest absolute Gasteiger partial charge is 0.497 e. The molecule has 1 aromatic carbocycles. The Morgan fingerprint density at radius 2 is 2.17 bits per heavy atom. The Morgan fingerprint density at radius 3 is 2.83 bits per heavy atom. The van der Waals surface area contributed by atoms with Crippen LogP contribution in [0.15, 0.2) is 35.7 Å². The molecule has 0 aliphatic rings. The zero-order chi connectivity index (χ0) is 16.9. The number of nitrogens with one attached hydrogen (secondary N) is 2. The second-order valence-electron chi connectivity index (χ2n) is 5.29. The van der Waals surface area contributed by atoms with E-state index in [0.717, 1.165) is 4.88 Å². The highest BCUT2D eigenvalue weighted by atomic mass is 32.1. The molecule has 1 unspecified atom stereocenters. The fourth-order valence-corrected chi connectivity index (χ4v) is 2.80. The van der Waals surface area contributed by atoms with Crippen LogP contribution in [-0.4, -0.2) is 24.8 Å². The molecule has 0 saturated carbocycles. The molecule has 5 nitrogen and oxygen atoms in total. The minimum absolute atomic E-state index is 0.0752. The molecule has 0 saturated heterocycles. The van der Waals surface area contributed by atoms with Gasteiger partial charge in [0.25, 0.3) is 0 Å². The molecule has 2 aromatic rings. The Balaban J connectivity index is 1.85. The van der Waals surface area contributed by atoms with Crippen LogP contribution in [0.1, 0.15) is 17.4 Å². The normalized spacial score (nSPS) is 13.2. The summed E-state index contributed by atoms with van der Waals surface area (Å²) in [5.41, 5.74) is -0.546. The summed E-state index contributed by atoms with van der Waals surface area (Å²) in [6.07, 6.45) is 0. The molecule has 0 bridgehead atoms. The van der Waals surface area contributed by atoms with E-state index in [-0.39, 0.29) is 13.1 Å². The molecule has 3 N–H and O–H groups in total. The van der Waals surface area contributed by atoms with E-state index >= 15 is 0 Å². The lowest BCUT2D eigenvalue weighted by Gasteiger charge is -2.22. The number of carbonyl (C=O) groups excluding carboxylic acids is 1. The number of methoxy groups -OCH3 is 1. The molecule has 23 heavy (non-hydrogen) atoms. The van der Waals surface area contributed by atoms with Crippen molar-refractivity contribution in [1.29, 1.82) is 0 Å². The average Bonchev–Trinajstić information content (AvgIpc) is 3.05. The van der Waals surface area contributed by atoms with Crippen molar-refractivity contribution in [2.24, 2.45) is 0 Å². The van der Waals surface area contributed by atoms with E-state index < -0.39 is 17.4 Å². The number of thiophene rings is 1. The molecule has 0 aliphatic heterocycles. The molecule has 1 atom stereocenters. The third kappa shape index (κ3) is 4.94. The number of hydrogen-bond acceptors (Lipinski definition) is 4. The number of urea groups is 1. The van der Waals surface area contributed by atoms with E-state index in [4.69, 9.17) is 4.74 Å². The second kappa shape index (κ2) is 7.43. The molecule has 0 radical (unpaired) electrons. The van der Waals surface area contributed by atoms with Crippen molar-refractivity contribution in [1.82, 2.24) is 10.6 Å². The van der Waals surface area contributed by atoms with Crippen molar-refractivity contribution in [2.45, 2.75) is 19.1 Å². The molecule has 0 fully saturated rings. The van der Waals surface area contributed by atoms with E-state index in [1.807, 2.05) is 17.5 Å². The van der Waals surface area contributed by atoms with Crippen LogP contribution >= 0.6 is 11.3 Å². The van der Waals surface area contributed by atoms with Crippen molar-refractivity contribution in [3.8, 4) is 5.75 Å². The van der Waals surface area contributed by atoms with Crippen molar-refractivity contribution in [3.63, 3.8) is 0 Å². The topological polar surface area (TPSA) is 70.6 Å². The maximum absolute atomic E-state index is 13.4. The molecule has 0 spiro atoms. The number of ether oxygens (including phenoxy) is 1. The van der Waals surface area contributed by atoms with Crippen molar-refractivity contribution < 1.29 is 19.0 Å². The Kier molecular flexibility index (Phi) is 5.57. The summed E-state index contributed by atoms with van der Waals surface area (Å²) < 4.78 is 18.3. The molecular weight excluding hydrogens is 319 g/mol.